The minimum Gasteiger partial charge on any atom is -0.497 e. The molecule has 6 nitrogen and oxygen atoms in total. The molecule has 0 unspecified atom stereocenters. The molecule has 1 fully saturated rings. The highest BCUT2D eigenvalue weighted by Gasteiger charge is 2.24. The van der Waals surface area contributed by atoms with Crippen molar-refractivity contribution in [1.29, 1.82) is 0 Å². The fourth-order valence-corrected chi connectivity index (χ4v) is 3.14. The molecule has 26 heavy (non-hydrogen) atoms. The van der Waals surface area contributed by atoms with Crippen molar-refractivity contribution in [3.05, 3.63) is 53.6 Å². The summed E-state index contributed by atoms with van der Waals surface area (Å²) < 4.78 is 10.9. The standard InChI is InChI=1S/C20H25N3O3/c1-15-19(12-21-14-22-15)20(24)23(13-18-4-3-11-26-18)10-9-16-5-7-17(25-2)8-6-16/h5-8,12,14,18H,3-4,9-11,13H2,1-2H3/t18-/m1/s1. The molecule has 6 heteroatoms. The summed E-state index contributed by atoms with van der Waals surface area (Å²) in [7, 11) is 1.65. The zero-order chi connectivity index (χ0) is 18.4. The van der Waals surface area contributed by atoms with Crippen molar-refractivity contribution < 1.29 is 14.3 Å². The van der Waals surface area contributed by atoms with Crippen molar-refractivity contribution in [3.63, 3.8) is 0 Å². The summed E-state index contributed by atoms with van der Waals surface area (Å²) >= 11 is 0. The molecule has 0 radical (unpaired) electrons. The van der Waals surface area contributed by atoms with E-state index in [1.54, 1.807) is 13.3 Å². The van der Waals surface area contributed by atoms with Crippen molar-refractivity contribution >= 4 is 5.91 Å². The summed E-state index contributed by atoms with van der Waals surface area (Å²) in [6, 6.07) is 7.95. The lowest BCUT2D eigenvalue weighted by Gasteiger charge is -2.26. The Morgan fingerprint density at radius 1 is 1.35 bits per heavy atom. The van der Waals surface area contributed by atoms with Crippen LogP contribution in [0.3, 0.4) is 0 Å². The number of carbonyl (C=O) groups excluding carboxylic acids is 1. The number of hydrogen-bond acceptors (Lipinski definition) is 5. The average Bonchev–Trinajstić information content (AvgIpc) is 3.18. The molecule has 0 bridgehead atoms. The monoisotopic (exact) mass is 355 g/mol. The van der Waals surface area contributed by atoms with Gasteiger partial charge in [0.25, 0.3) is 5.91 Å². The molecule has 1 aromatic heterocycles. The third kappa shape index (κ3) is 4.58. The Bertz CT molecular complexity index is 727. The number of methoxy groups -OCH3 is 1. The zero-order valence-electron chi connectivity index (χ0n) is 15.4. The first-order chi connectivity index (χ1) is 12.7. The third-order valence-electron chi connectivity index (χ3n) is 4.71. The highest BCUT2D eigenvalue weighted by Crippen LogP contribution is 2.17. The van der Waals surface area contributed by atoms with Gasteiger partial charge >= 0.3 is 0 Å². The minimum atomic E-state index is -0.0351. The fourth-order valence-electron chi connectivity index (χ4n) is 3.14. The minimum absolute atomic E-state index is 0.0351. The number of ether oxygens (including phenoxy) is 2. The van der Waals surface area contributed by atoms with Crippen LogP contribution in [0.2, 0.25) is 0 Å². The lowest BCUT2D eigenvalue weighted by Crippen LogP contribution is -2.39. The molecular weight excluding hydrogens is 330 g/mol. The molecule has 1 atom stereocenters. The Morgan fingerprint density at radius 3 is 2.81 bits per heavy atom. The van der Waals surface area contributed by atoms with Gasteiger partial charge in [-0.25, -0.2) is 9.97 Å². The number of amides is 1. The van der Waals surface area contributed by atoms with E-state index < -0.39 is 0 Å². The van der Waals surface area contributed by atoms with Gasteiger partial charge in [0, 0.05) is 25.9 Å². The zero-order valence-corrected chi connectivity index (χ0v) is 15.4. The van der Waals surface area contributed by atoms with E-state index in [-0.39, 0.29) is 12.0 Å². The Balaban J connectivity index is 1.71. The van der Waals surface area contributed by atoms with E-state index in [0.717, 1.165) is 37.2 Å². The van der Waals surface area contributed by atoms with E-state index in [1.165, 1.54) is 6.33 Å². The maximum absolute atomic E-state index is 13.0. The second-order valence-electron chi connectivity index (χ2n) is 6.51. The van der Waals surface area contributed by atoms with Gasteiger partial charge in [-0.3, -0.25) is 4.79 Å². The van der Waals surface area contributed by atoms with Gasteiger partial charge in [-0.2, -0.15) is 0 Å². The summed E-state index contributed by atoms with van der Waals surface area (Å²) in [6.45, 7) is 3.84. The fraction of sp³-hybridized carbons (Fsp3) is 0.450. The normalized spacial score (nSPS) is 16.5. The van der Waals surface area contributed by atoms with Gasteiger partial charge in [0.15, 0.2) is 0 Å². The van der Waals surface area contributed by atoms with Crippen LogP contribution in [0.4, 0.5) is 0 Å². The van der Waals surface area contributed by atoms with Crippen LogP contribution in [0, 0.1) is 6.92 Å². The number of carbonyl (C=O) groups is 1. The number of hydrogen-bond donors (Lipinski definition) is 0. The van der Waals surface area contributed by atoms with Gasteiger partial charge in [0.05, 0.1) is 24.5 Å². The van der Waals surface area contributed by atoms with Gasteiger partial charge in [-0.1, -0.05) is 12.1 Å². The van der Waals surface area contributed by atoms with Crippen molar-refractivity contribution in [1.82, 2.24) is 14.9 Å². The van der Waals surface area contributed by atoms with Crippen LogP contribution < -0.4 is 4.74 Å². The van der Waals surface area contributed by atoms with Crippen LogP contribution >= 0.6 is 0 Å². The Labute approximate surface area is 154 Å². The molecule has 0 aliphatic carbocycles. The number of aromatic nitrogens is 2. The van der Waals surface area contributed by atoms with E-state index in [2.05, 4.69) is 9.97 Å². The van der Waals surface area contributed by atoms with E-state index >= 15 is 0 Å². The number of rotatable bonds is 7. The molecule has 1 aromatic carbocycles. The predicted molar refractivity (Wildman–Crippen MR) is 98.3 cm³/mol. The van der Waals surface area contributed by atoms with E-state index in [1.807, 2.05) is 36.1 Å². The molecule has 1 aliphatic rings. The van der Waals surface area contributed by atoms with Crippen molar-refractivity contribution in [2.45, 2.75) is 32.3 Å². The Kier molecular flexibility index (Phi) is 6.17. The van der Waals surface area contributed by atoms with Gasteiger partial charge in [0.2, 0.25) is 0 Å². The maximum atomic E-state index is 13.0. The SMILES string of the molecule is COc1ccc(CCN(C[C@H]2CCCO2)C(=O)c2cncnc2C)cc1. The van der Waals surface area contributed by atoms with Gasteiger partial charge in [0.1, 0.15) is 12.1 Å². The van der Waals surface area contributed by atoms with Crippen LogP contribution in [-0.2, 0) is 11.2 Å². The lowest BCUT2D eigenvalue weighted by atomic mass is 10.1. The molecule has 0 saturated carbocycles. The van der Waals surface area contributed by atoms with Gasteiger partial charge in [-0.05, 0) is 43.9 Å². The summed E-state index contributed by atoms with van der Waals surface area (Å²) in [4.78, 5) is 23.1. The second-order valence-corrected chi connectivity index (χ2v) is 6.51. The number of benzene rings is 1. The molecule has 2 aromatic rings. The summed E-state index contributed by atoms with van der Waals surface area (Å²) in [5.41, 5.74) is 2.42. The van der Waals surface area contributed by atoms with Crippen molar-refractivity contribution in [2.75, 3.05) is 26.8 Å². The first-order valence-corrected chi connectivity index (χ1v) is 8.98. The summed E-state index contributed by atoms with van der Waals surface area (Å²) in [5.74, 6) is 0.796. The molecule has 1 aliphatic heterocycles. The van der Waals surface area contributed by atoms with Gasteiger partial charge < -0.3 is 14.4 Å². The molecule has 0 N–H and O–H groups in total. The van der Waals surface area contributed by atoms with E-state index in [0.29, 0.717) is 24.3 Å². The van der Waals surface area contributed by atoms with Gasteiger partial charge in [-0.15, -0.1) is 0 Å². The Morgan fingerprint density at radius 2 is 2.15 bits per heavy atom. The van der Waals surface area contributed by atoms with Crippen molar-refractivity contribution in [2.24, 2.45) is 0 Å². The number of nitrogens with zero attached hydrogens (tertiary/aromatic N) is 3. The van der Waals surface area contributed by atoms with Crippen molar-refractivity contribution in [3.8, 4) is 5.75 Å². The molecule has 0 spiro atoms. The molecule has 1 amide bonds. The van der Waals surface area contributed by atoms with E-state index in [4.69, 9.17) is 9.47 Å². The Hall–Kier alpha value is -2.47. The highest BCUT2D eigenvalue weighted by atomic mass is 16.5. The molecular formula is C20H25N3O3. The number of aryl methyl sites for hydroxylation is 1. The third-order valence-corrected chi connectivity index (χ3v) is 4.71. The van der Waals surface area contributed by atoms with Crippen LogP contribution in [-0.4, -0.2) is 53.7 Å². The second kappa shape index (κ2) is 8.76. The van der Waals surface area contributed by atoms with Crippen LogP contribution in [0.15, 0.2) is 36.8 Å². The van der Waals surface area contributed by atoms with Crippen LogP contribution in [0.1, 0.15) is 34.5 Å². The molecule has 2 heterocycles. The first kappa shape index (κ1) is 18.3. The largest absolute Gasteiger partial charge is 0.497 e. The molecule has 1 saturated heterocycles. The lowest BCUT2D eigenvalue weighted by molar-refractivity contribution is 0.0527. The molecule has 3 rings (SSSR count). The maximum Gasteiger partial charge on any atom is 0.257 e. The average molecular weight is 355 g/mol. The summed E-state index contributed by atoms with van der Waals surface area (Å²) in [6.07, 6.45) is 6.00. The van der Waals surface area contributed by atoms with Crippen LogP contribution in [0.25, 0.3) is 0 Å². The highest BCUT2D eigenvalue weighted by molar-refractivity contribution is 5.94. The smallest absolute Gasteiger partial charge is 0.257 e. The predicted octanol–water partition coefficient (Wildman–Crippen LogP) is 2.66. The summed E-state index contributed by atoms with van der Waals surface area (Å²) in [5, 5.41) is 0. The van der Waals surface area contributed by atoms with Crippen LogP contribution in [0.5, 0.6) is 5.75 Å². The topological polar surface area (TPSA) is 64.6 Å². The molecule has 138 valence electrons. The quantitative estimate of drug-likeness (QED) is 0.764. The van der Waals surface area contributed by atoms with E-state index in [9.17, 15) is 4.79 Å². The first-order valence-electron chi connectivity index (χ1n) is 8.98.